The third-order valence-electron chi connectivity index (χ3n) is 2.97. The molecule has 0 saturated carbocycles. The number of halogens is 1. The number of hydrogen-bond donors (Lipinski definition) is 1. The predicted octanol–water partition coefficient (Wildman–Crippen LogP) is 2.53. The van der Waals surface area contributed by atoms with Gasteiger partial charge in [0.05, 0.1) is 12.5 Å². The Morgan fingerprint density at radius 3 is 2.33 bits per heavy atom. The van der Waals surface area contributed by atoms with Crippen LogP contribution < -0.4 is 0 Å². The van der Waals surface area contributed by atoms with Crippen molar-refractivity contribution in [3.8, 4) is 0 Å². The maximum Gasteiger partial charge on any atom is 0.230 e. The lowest BCUT2D eigenvalue weighted by Crippen LogP contribution is -2.35. The van der Waals surface area contributed by atoms with Gasteiger partial charge in [0.1, 0.15) is 0 Å². The van der Waals surface area contributed by atoms with Crippen molar-refractivity contribution in [2.45, 2.75) is 19.8 Å². The normalized spacial score (nSPS) is 12.6. The summed E-state index contributed by atoms with van der Waals surface area (Å²) >= 11 is 5.86. The molecular weight excluding hydrogens is 250 g/mol. The van der Waals surface area contributed by atoms with Gasteiger partial charge in [0.25, 0.3) is 0 Å². The van der Waals surface area contributed by atoms with Crippen LogP contribution in [0.25, 0.3) is 0 Å². The average Bonchev–Trinajstić information content (AvgIpc) is 2.31. The molecule has 100 valence electrons. The van der Waals surface area contributed by atoms with E-state index >= 15 is 0 Å². The molecule has 0 fully saturated rings. The number of aliphatic hydroxyl groups is 1. The van der Waals surface area contributed by atoms with Crippen LogP contribution in [0.5, 0.6) is 0 Å². The van der Waals surface area contributed by atoms with Gasteiger partial charge in [0.2, 0.25) is 5.91 Å². The first-order valence-corrected chi connectivity index (χ1v) is 6.46. The summed E-state index contributed by atoms with van der Waals surface area (Å²) in [6, 6.07) is 7.37. The van der Waals surface area contributed by atoms with Gasteiger partial charge in [-0.3, -0.25) is 4.79 Å². The molecule has 0 bridgehead atoms. The molecule has 1 rings (SSSR count). The van der Waals surface area contributed by atoms with Crippen LogP contribution in [0.3, 0.4) is 0 Å². The van der Waals surface area contributed by atoms with Crippen molar-refractivity contribution in [2.24, 2.45) is 5.92 Å². The number of rotatable bonds is 5. The number of amides is 1. The van der Waals surface area contributed by atoms with Crippen LogP contribution >= 0.6 is 11.6 Å². The number of carbonyl (C=O) groups is 1. The van der Waals surface area contributed by atoms with Crippen molar-refractivity contribution in [3.05, 3.63) is 34.9 Å². The number of hydrogen-bond acceptors (Lipinski definition) is 2. The van der Waals surface area contributed by atoms with Crippen LogP contribution in [0.4, 0.5) is 0 Å². The minimum absolute atomic E-state index is 0.0202. The Hall–Kier alpha value is -1.06. The first-order chi connectivity index (χ1) is 8.47. The van der Waals surface area contributed by atoms with Crippen LogP contribution in [-0.4, -0.2) is 36.1 Å². The van der Waals surface area contributed by atoms with E-state index in [0.29, 0.717) is 11.6 Å². The molecule has 0 radical (unpaired) electrons. The van der Waals surface area contributed by atoms with E-state index in [9.17, 15) is 4.79 Å². The Kier molecular flexibility index (Phi) is 5.63. The molecule has 0 spiro atoms. The van der Waals surface area contributed by atoms with E-state index in [-0.39, 0.29) is 24.3 Å². The number of likely N-dealkylation sites (N-methyl/N-ethyl adjacent to an activating group) is 1. The Balaban J connectivity index is 2.96. The molecule has 0 aromatic heterocycles. The van der Waals surface area contributed by atoms with Gasteiger partial charge >= 0.3 is 0 Å². The molecule has 0 aliphatic rings. The summed E-state index contributed by atoms with van der Waals surface area (Å²) in [5.41, 5.74) is 0.962. The summed E-state index contributed by atoms with van der Waals surface area (Å²) < 4.78 is 0. The fourth-order valence-corrected chi connectivity index (χ4v) is 2.11. The highest BCUT2D eigenvalue weighted by Crippen LogP contribution is 2.27. The zero-order valence-electron chi connectivity index (χ0n) is 11.1. The molecular formula is C14H20ClNO2. The van der Waals surface area contributed by atoms with Crippen LogP contribution in [0.1, 0.15) is 25.3 Å². The molecule has 1 unspecified atom stereocenters. The second-order valence-corrected chi connectivity index (χ2v) is 5.19. The van der Waals surface area contributed by atoms with Crippen molar-refractivity contribution >= 4 is 17.5 Å². The predicted molar refractivity (Wildman–Crippen MR) is 73.8 cm³/mol. The van der Waals surface area contributed by atoms with E-state index in [1.165, 1.54) is 0 Å². The zero-order valence-corrected chi connectivity index (χ0v) is 11.8. The molecule has 18 heavy (non-hydrogen) atoms. The monoisotopic (exact) mass is 269 g/mol. The Labute approximate surface area is 113 Å². The number of aliphatic hydroxyl groups excluding tert-OH is 1. The first kappa shape index (κ1) is 15.0. The summed E-state index contributed by atoms with van der Waals surface area (Å²) in [6.07, 6.45) is 0. The van der Waals surface area contributed by atoms with Crippen LogP contribution in [0.15, 0.2) is 24.3 Å². The summed E-state index contributed by atoms with van der Waals surface area (Å²) in [6.45, 7) is 4.37. The molecule has 1 atom stereocenters. The van der Waals surface area contributed by atoms with Gasteiger partial charge < -0.3 is 10.0 Å². The second-order valence-electron chi connectivity index (χ2n) is 4.76. The molecule has 0 saturated heterocycles. The quantitative estimate of drug-likeness (QED) is 0.892. The van der Waals surface area contributed by atoms with Gasteiger partial charge in [0.15, 0.2) is 0 Å². The standard InChI is InChI=1S/C14H20ClNO2/c1-10(2)13(14(18)16(3)8-9-17)11-4-6-12(15)7-5-11/h4-7,10,13,17H,8-9H2,1-3H3. The van der Waals surface area contributed by atoms with Gasteiger partial charge in [0, 0.05) is 18.6 Å². The highest BCUT2D eigenvalue weighted by Gasteiger charge is 2.26. The Morgan fingerprint density at radius 2 is 1.89 bits per heavy atom. The average molecular weight is 270 g/mol. The van der Waals surface area contributed by atoms with Crippen molar-refractivity contribution < 1.29 is 9.90 Å². The zero-order chi connectivity index (χ0) is 13.7. The number of benzene rings is 1. The molecule has 0 heterocycles. The molecule has 1 aromatic carbocycles. The van der Waals surface area contributed by atoms with E-state index in [2.05, 4.69) is 0 Å². The maximum atomic E-state index is 12.3. The third kappa shape index (κ3) is 3.72. The van der Waals surface area contributed by atoms with Crippen molar-refractivity contribution in [3.63, 3.8) is 0 Å². The first-order valence-electron chi connectivity index (χ1n) is 6.08. The summed E-state index contributed by atoms with van der Waals surface area (Å²) in [7, 11) is 1.71. The third-order valence-corrected chi connectivity index (χ3v) is 3.23. The Bertz CT molecular complexity index is 389. The van der Waals surface area contributed by atoms with Crippen molar-refractivity contribution in [1.29, 1.82) is 0 Å². The molecule has 0 aliphatic carbocycles. The number of nitrogens with zero attached hydrogens (tertiary/aromatic N) is 1. The van der Waals surface area contributed by atoms with Gasteiger partial charge in [-0.15, -0.1) is 0 Å². The molecule has 1 aromatic rings. The van der Waals surface area contributed by atoms with Crippen molar-refractivity contribution in [2.75, 3.05) is 20.2 Å². The van der Waals surface area contributed by atoms with E-state index in [0.717, 1.165) is 5.56 Å². The highest BCUT2D eigenvalue weighted by atomic mass is 35.5. The molecule has 1 N–H and O–H groups in total. The van der Waals surface area contributed by atoms with E-state index in [4.69, 9.17) is 16.7 Å². The lowest BCUT2D eigenvalue weighted by atomic mass is 9.87. The summed E-state index contributed by atoms with van der Waals surface area (Å²) in [5.74, 6) is 0.0278. The molecule has 1 amide bonds. The van der Waals surface area contributed by atoms with Gasteiger partial charge in [-0.1, -0.05) is 37.6 Å². The fourth-order valence-electron chi connectivity index (χ4n) is 1.98. The lowest BCUT2D eigenvalue weighted by molar-refractivity contribution is -0.133. The topological polar surface area (TPSA) is 40.5 Å². The minimum atomic E-state index is -0.196. The fraction of sp³-hybridized carbons (Fsp3) is 0.500. The smallest absolute Gasteiger partial charge is 0.230 e. The van der Waals surface area contributed by atoms with Crippen LogP contribution in [-0.2, 0) is 4.79 Å². The Morgan fingerprint density at radius 1 is 1.33 bits per heavy atom. The SMILES string of the molecule is CC(C)C(C(=O)N(C)CCO)c1ccc(Cl)cc1. The summed E-state index contributed by atoms with van der Waals surface area (Å²) in [5, 5.41) is 9.57. The van der Waals surface area contributed by atoms with Crippen LogP contribution in [0, 0.1) is 5.92 Å². The number of carbonyl (C=O) groups excluding carboxylic acids is 1. The van der Waals surface area contributed by atoms with E-state index in [1.807, 2.05) is 26.0 Å². The minimum Gasteiger partial charge on any atom is -0.395 e. The molecule has 3 nitrogen and oxygen atoms in total. The van der Waals surface area contributed by atoms with Gasteiger partial charge in [-0.05, 0) is 23.6 Å². The van der Waals surface area contributed by atoms with Gasteiger partial charge in [-0.2, -0.15) is 0 Å². The van der Waals surface area contributed by atoms with E-state index < -0.39 is 0 Å². The lowest BCUT2D eigenvalue weighted by Gasteiger charge is -2.26. The van der Waals surface area contributed by atoms with Crippen molar-refractivity contribution in [1.82, 2.24) is 4.90 Å². The molecule has 0 aliphatic heterocycles. The largest absolute Gasteiger partial charge is 0.395 e. The maximum absolute atomic E-state index is 12.3. The van der Waals surface area contributed by atoms with Gasteiger partial charge in [-0.25, -0.2) is 0 Å². The second kappa shape index (κ2) is 6.76. The van der Waals surface area contributed by atoms with E-state index in [1.54, 1.807) is 24.1 Å². The van der Waals surface area contributed by atoms with Crippen LogP contribution in [0.2, 0.25) is 5.02 Å². The molecule has 4 heteroatoms. The summed E-state index contributed by atoms with van der Waals surface area (Å²) in [4.78, 5) is 13.9. The highest BCUT2D eigenvalue weighted by molar-refractivity contribution is 6.30.